The van der Waals surface area contributed by atoms with Crippen molar-refractivity contribution in [1.29, 1.82) is 0 Å². The number of amides is 1. The summed E-state index contributed by atoms with van der Waals surface area (Å²) >= 11 is 0. The molecule has 24 heavy (non-hydrogen) atoms. The first kappa shape index (κ1) is 17.5. The van der Waals surface area contributed by atoms with Gasteiger partial charge in [-0.1, -0.05) is 17.7 Å². The van der Waals surface area contributed by atoms with Crippen molar-refractivity contribution in [3.05, 3.63) is 59.2 Å². The number of ether oxygens (including phenoxy) is 2. The number of hydrogen-bond acceptors (Lipinski definition) is 4. The summed E-state index contributed by atoms with van der Waals surface area (Å²) in [5.41, 5.74) is 5.47. The van der Waals surface area contributed by atoms with E-state index >= 15 is 0 Å². The molecule has 2 rings (SSSR count). The Morgan fingerprint density at radius 1 is 1.12 bits per heavy atom. The van der Waals surface area contributed by atoms with Gasteiger partial charge in [0.25, 0.3) is 5.91 Å². The third-order valence-electron chi connectivity index (χ3n) is 3.28. The van der Waals surface area contributed by atoms with Crippen molar-refractivity contribution in [1.82, 2.24) is 5.43 Å². The molecule has 5 heteroatoms. The van der Waals surface area contributed by atoms with Crippen molar-refractivity contribution < 1.29 is 14.3 Å². The van der Waals surface area contributed by atoms with E-state index in [1.165, 1.54) is 0 Å². The van der Waals surface area contributed by atoms with Crippen molar-refractivity contribution in [2.45, 2.75) is 20.8 Å². The highest BCUT2D eigenvalue weighted by Gasteiger charge is 2.04. The minimum Gasteiger partial charge on any atom is -0.494 e. The number of nitrogens with zero attached hydrogens (tertiary/aromatic N) is 1. The fourth-order valence-corrected chi connectivity index (χ4v) is 2.13. The smallest absolute Gasteiger partial charge is 0.277 e. The molecule has 5 nitrogen and oxygen atoms in total. The second-order valence-electron chi connectivity index (χ2n) is 5.35. The van der Waals surface area contributed by atoms with Crippen LogP contribution in [0.2, 0.25) is 0 Å². The molecule has 0 saturated carbocycles. The minimum atomic E-state index is -0.308. The lowest BCUT2D eigenvalue weighted by Gasteiger charge is -2.08. The van der Waals surface area contributed by atoms with Crippen LogP contribution in [0, 0.1) is 13.8 Å². The van der Waals surface area contributed by atoms with Crippen molar-refractivity contribution in [2.75, 3.05) is 13.2 Å². The van der Waals surface area contributed by atoms with Crippen LogP contribution in [-0.2, 0) is 4.79 Å². The first-order valence-corrected chi connectivity index (χ1v) is 7.83. The first-order valence-electron chi connectivity index (χ1n) is 7.83. The predicted molar refractivity (Wildman–Crippen MR) is 94.8 cm³/mol. The van der Waals surface area contributed by atoms with E-state index in [1.54, 1.807) is 6.21 Å². The molecule has 0 radical (unpaired) electrons. The fraction of sp³-hybridized carbons (Fsp3) is 0.263. The van der Waals surface area contributed by atoms with E-state index < -0.39 is 0 Å². The van der Waals surface area contributed by atoms with E-state index in [2.05, 4.69) is 10.5 Å². The molecule has 0 heterocycles. The van der Waals surface area contributed by atoms with Gasteiger partial charge in [0, 0.05) is 0 Å². The molecule has 0 saturated heterocycles. The van der Waals surface area contributed by atoms with Crippen LogP contribution in [0.4, 0.5) is 0 Å². The quantitative estimate of drug-likeness (QED) is 0.628. The number of hydrazone groups is 1. The largest absolute Gasteiger partial charge is 0.494 e. The highest BCUT2D eigenvalue weighted by molar-refractivity contribution is 5.83. The third kappa shape index (κ3) is 5.43. The molecule has 0 fully saturated rings. The molecule has 2 aromatic rings. The van der Waals surface area contributed by atoms with E-state index in [9.17, 15) is 4.79 Å². The molecule has 0 aliphatic carbocycles. The van der Waals surface area contributed by atoms with E-state index in [4.69, 9.17) is 9.47 Å². The lowest BCUT2D eigenvalue weighted by Crippen LogP contribution is -2.24. The number of nitrogens with one attached hydrogen (secondary N) is 1. The van der Waals surface area contributed by atoms with E-state index in [1.807, 2.05) is 63.2 Å². The zero-order valence-electron chi connectivity index (χ0n) is 14.2. The summed E-state index contributed by atoms with van der Waals surface area (Å²) < 4.78 is 10.9. The van der Waals surface area contributed by atoms with Crippen LogP contribution in [0.25, 0.3) is 0 Å². The van der Waals surface area contributed by atoms with E-state index in [-0.39, 0.29) is 12.5 Å². The standard InChI is InChI=1S/C19H22N2O3/c1-4-23-17-8-6-16(7-9-17)12-20-21-19(22)13-24-18-10-5-14(2)11-15(18)3/h5-12H,4,13H2,1-3H3,(H,21,22). The van der Waals surface area contributed by atoms with E-state index in [0.29, 0.717) is 12.4 Å². The highest BCUT2D eigenvalue weighted by Crippen LogP contribution is 2.18. The molecule has 2 aromatic carbocycles. The van der Waals surface area contributed by atoms with Gasteiger partial charge in [0.15, 0.2) is 6.61 Å². The Hall–Kier alpha value is -2.82. The topological polar surface area (TPSA) is 59.9 Å². The lowest BCUT2D eigenvalue weighted by molar-refractivity contribution is -0.123. The van der Waals surface area contributed by atoms with Crippen LogP contribution in [0.15, 0.2) is 47.6 Å². The monoisotopic (exact) mass is 326 g/mol. The molecular weight excluding hydrogens is 304 g/mol. The van der Waals surface area contributed by atoms with Gasteiger partial charge in [0.05, 0.1) is 12.8 Å². The number of aryl methyl sites for hydroxylation is 2. The number of benzene rings is 2. The Morgan fingerprint density at radius 2 is 1.88 bits per heavy atom. The van der Waals surface area contributed by atoms with Crippen molar-refractivity contribution in [2.24, 2.45) is 5.10 Å². The van der Waals surface area contributed by atoms with Crippen LogP contribution >= 0.6 is 0 Å². The van der Waals surface area contributed by atoms with Crippen LogP contribution in [0.1, 0.15) is 23.6 Å². The summed E-state index contributed by atoms with van der Waals surface area (Å²) in [6.07, 6.45) is 1.57. The Balaban J connectivity index is 1.80. The molecule has 1 N–H and O–H groups in total. The summed E-state index contributed by atoms with van der Waals surface area (Å²) in [5.74, 6) is 1.20. The van der Waals surface area contributed by atoms with Crippen LogP contribution in [0.5, 0.6) is 11.5 Å². The van der Waals surface area contributed by atoms with Gasteiger partial charge in [0.2, 0.25) is 0 Å². The van der Waals surface area contributed by atoms with Crippen LogP contribution in [-0.4, -0.2) is 25.3 Å². The lowest BCUT2D eigenvalue weighted by atomic mass is 10.1. The average Bonchev–Trinajstić information content (AvgIpc) is 2.56. The van der Waals surface area contributed by atoms with Gasteiger partial charge in [-0.2, -0.15) is 5.10 Å². The Bertz CT molecular complexity index is 709. The molecule has 0 spiro atoms. The molecular formula is C19H22N2O3. The Labute approximate surface area is 142 Å². The van der Waals surface area contributed by atoms with Crippen molar-refractivity contribution in [3.8, 4) is 11.5 Å². The van der Waals surface area contributed by atoms with Gasteiger partial charge in [0.1, 0.15) is 11.5 Å². The van der Waals surface area contributed by atoms with Gasteiger partial charge < -0.3 is 9.47 Å². The summed E-state index contributed by atoms with van der Waals surface area (Å²) in [5, 5.41) is 3.92. The van der Waals surface area contributed by atoms with Crippen molar-refractivity contribution >= 4 is 12.1 Å². The number of carbonyl (C=O) groups is 1. The van der Waals surface area contributed by atoms with Gasteiger partial charge in [-0.05, 0) is 62.2 Å². The first-order chi connectivity index (χ1) is 11.6. The molecule has 0 atom stereocenters. The SMILES string of the molecule is CCOc1ccc(C=NNC(=O)COc2ccc(C)cc2C)cc1. The van der Waals surface area contributed by atoms with Crippen LogP contribution in [0.3, 0.4) is 0 Å². The zero-order valence-corrected chi connectivity index (χ0v) is 14.2. The summed E-state index contributed by atoms with van der Waals surface area (Å²) in [6, 6.07) is 13.3. The molecule has 0 aliphatic heterocycles. The van der Waals surface area contributed by atoms with Gasteiger partial charge >= 0.3 is 0 Å². The second-order valence-corrected chi connectivity index (χ2v) is 5.35. The molecule has 0 aromatic heterocycles. The average molecular weight is 326 g/mol. The molecule has 0 aliphatic rings. The summed E-state index contributed by atoms with van der Waals surface area (Å²) in [4.78, 5) is 11.8. The number of carbonyl (C=O) groups excluding carboxylic acids is 1. The maximum absolute atomic E-state index is 11.8. The van der Waals surface area contributed by atoms with Crippen LogP contribution < -0.4 is 14.9 Å². The zero-order chi connectivity index (χ0) is 17.4. The van der Waals surface area contributed by atoms with Gasteiger partial charge in [-0.25, -0.2) is 5.43 Å². The maximum atomic E-state index is 11.8. The predicted octanol–water partition coefficient (Wildman–Crippen LogP) is 3.23. The molecule has 0 unspecified atom stereocenters. The van der Waals surface area contributed by atoms with Gasteiger partial charge in [-0.15, -0.1) is 0 Å². The van der Waals surface area contributed by atoms with Gasteiger partial charge in [-0.3, -0.25) is 4.79 Å². The highest BCUT2D eigenvalue weighted by atomic mass is 16.5. The number of rotatable bonds is 7. The van der Waals surface area contributed by atoms with E-state index in [0.717, 1.165) is 22.4 Å². The molecule has 0 bridgehead atoms. The molecule has 126 valence electrons. The van der Waals surface area contributed by atoms with Crippen molar-refractivity contribution in [3.63, 3.8) is 0 Å². The number of hydrogen-bond donors (Lipinski definition) is 1. The second kappa shape index (κ2) is 8.72. The third-order valence-corrected chi connectivity index (χ3v) is 3.28. The molecule has 1 amide bonds. The minimum absolute atomic E-state index is 0.0789. The summed E-state index contributed by atoms with van der Waals surface area (Å²) in [6.45, 7) is 6.45. The fourth-order valence-electron chi connectivity index (χ4n) is 2.13. The normalized spacial score (nSPS) is 10.6. The Morgan fingerprint density at radius 3 is 2.54 bits per heavy atom. The Kier molecular flexibility index (Phi) is 6.37. The maximum Gasteiger partial charge on any atom is 0.277 e. The summed E-state index contributed by atoms with van der Waals surface area (Å²) in [7, 11) is 0.